The number of aryl methyl sites for hydroxylation is 1. The van der Waals surface area contributed by atoms with Crippen molar-refractivity contribution in [1.82, 2.24) is 19.4 Å². The van der Waals surface area contributed by atoms with E-state index in [2.05, 4.69) is 21.8 Å². The van der Waals surface area contributed by atoms with E-state index in [1.807, 2.05) is 0 Å². The third-order valence-electron chi connectivity index (χ3n) is 6.24. The maximum atomic E-state index is 13.8. The molecule has 0 spiro atoms. The Morgan fingerprint density at radius 2 is 1.59 bits per heavy atom. The summed E-state index contributed by atoms with van der Waals surface area (Å²) in [6, 6.07) is 5.06. The van der Waals surface area contributed by atoms with Crippen molar-refractivity contribution in [3.63, 3.8) is 0 Å². The average Bonchev–Trinajstić information content (AvgIpc) is 2.82. The van der Waals surface area contributed by atoms with Crippen LogP contribution in [0.3, 0.4) is 0 Å². The first-order valence-electron chi connectivity index (χ1n) is 11.0. The molecule has 182 valence electrons. The lowest BCUT2D eigenvalue weighted by molar-refractivity contribution is 0.151. The van der Waals surface area contributed by atoms with E-state index in [4.69, 9.17) is 44.3 Å². The van der Waals surface area contributed by atoms with Gasteiger partial charge < -0.3 is 23.8 Å². The van der Waals surface area contributed by atoms with E-state index < -0.39 is 0 Å². The fraction of sp³-hybridized carbons (Fsp3) is 0.417. The first-order chi connectivity index (χ1) is 16.3. The van der Waals surface area contributed by atoms with Crippen LogP contribution in [0.4, 0.5) is 0 Å². The standard InChI is InChI=1S/C24H27Cl3N4O3/c1-29-7-9-30(10-8-29)5-4-6-31-17-12-20(25)28-14-15(17)11-16(24(31)32)21-22(26)18(33-2)13-19(34-3)23(21)27/h11-14H,4-10H2,1-3H3. The summed E-state index contributed by atoms with van der Waals surface area (Å²) in [5, 5.41) is 1.57. The minimum Gasteiger partial charge on any atom is -0.495 e. The Kier molecular flexibility index (Phi) is 7.90. The molecule has 3 heterocycles. The summed E-state index contributed by atoms with van der Waals surface area (Å²) < 4.78 is 12.5. The lowest BCUT2D eigenvalue weighted by Crippen LogP contribution is -2.44. The SMILES string of the molecule is COc1cc(OC)c(Cl)c(-c2cc3cnc(Cl)cc3n(CCCN3CCN(C)CC3)c2=O)c1Cl. The molecular formula is C24H27Cl3N4O3. The van der Waals surface area contributed by atoms with Crippen LogP contribution < -0.4 is 15.0 Å². The number of methoxy groups -OCH3 is 2. The highest BCUT2D eigenvalue weighted by molar-refractivity contribution is 6.41. The molecule has 0 N–H and O–H groups in total. The second-order valence-corrected chi connectivity index (χ2v) is 9.51. The summed E-state index contributed by atoms with van der Waals surface area (Å²) in [7, 11) is 5.14. The summed E-state index contributed by atoms with van der Waals surface area (Å²) in [6.45, 7) is 5.57. The van der Waals surface area contributed by atoms with Crippen LogP contribution in [-0.4, -0.2) is 73.3 Å². The predicted molar refractivity (Wildman–Crippen MR) is 138 cm³/mol. The molecule has 1 aliphatic rings. The van der Waals surface area contributed by atoms with Crippen molar-refractivity contribution < 1.29 is 9.47 Å². The fourth-order valence-electron chi connectivity index (χ4n) is 4.29. The number of rotatable bonds is 7. The monoisotopic (exact) mass is 524 g/mol. The average molecular weight is 526 g/mol. The van der Waals surface area contributed by atoms with Gasteiger partial charge in [-0.15, -0.1) is 0 Å². The summed E-state index contributed by atoms with van der Waals surface area (Å²) in [4.78, 5) is 22.8. The zero-order valence-corrected chi connectivity index (χ0v) is 21.7. The number of fused-ring (bicyclic) bond motifs is 1. The molecule has 0 amide bonds. The van der Waals surface area contributed by atoms with Crippen LogP contribution in [0, 0.1) is 0 Å². The lowest BCUT2D eigenvalue weighted by Gasteiger charge is -2.32. The van der Waals surface area contributed by atoms with Gasteiger partial charge in [-0.3, -0.25) is 4.79 Å². The Morgan fingerprint density at radius 3 is 2.21 bits per heavy atom. The van der Waals surface area contributed by atoms with Gasteiger partial charge in [0.2, 0.25) is 0 Å². The molecule has 4 rings (SSSR count). The summed E-state index contributed by atoms with van der Waals surface area (Å²) in [5.74, 6) is 0.738. The van der Waals surface area contributed by atoms with Crippen LogP contribution in [-0.2, 0) is 6.54 Å². The highest BCUT2D eigenvalue weighted by atomic mass is 35.5. The summed E-state index contributed by atoms with van der Waals surface area (Å²) in [6.07, 6.45) is 2.46. The molecule has 0 saturated carbocycles. The third kappa shape index (κ3) is 4.99. The van der Waals surface area contributed by atoms with E-state index in [9.17, 15) is 4.79 Å². The van der Waals surface area contributed by atoms with Gasteiger partial charge in [-0.25, -0.2) is 4.98 Å². The smallest absolute Gasteiger partial charge is 0.259 e. The van der Waals surface area contributed by atoms with Crippen molar-refractivity contribution in [2.45, 2.75) is 13.0 Å². The molecular weight excluding hydrogens is 499 g/mol. The van der Waals surface area contributed by atoms with Crippen LogP contribution in [0.25, 0.3) is 22.0 Å². The largest absolute Gasteiger partial charge is 0.495 e. The van der Waals surface area contributed by atoms with Crippen molar-refractivity contribution in [3.05, 3.63) is 49.9 Å². The molecule has 0 bridgehead atoms. The van der Waals surface area contributed by atoms with Crippen molar-refractivity contribution in [2.24, 2.45) is 0 Å². The zero-order valence-electron chi connectivity index (χ0n) is 19.4. The Bertz CT molecular complexity index is 1230. The van der Waals surface area contributed by atoms with Gasteiger partial charge in [-0.2, -0.15) is 0 Å². The van der Waals surface area contributed by atoms with Crippen molar-refractivity contribution in [3.8, 4) is 22.6 Å². The second-order valence-electron chi connectivity index (χ2n) is 8.36. The van der Waals surface area contributed by atoms with Crippen LogP contribution in [0.1, 0.15) is 6.42 Å². The number of piperazine rings is 1. The number of halogens is 3. The number of hydrogen-bond donors (Lipinski definition) is 0. The Morgan fingerprint density at radius 1 is 0.941 bits per heavy atom. The van der Waals surface area contributed by atoms with Crippen LogP contribution in [0.5, 0.6) is 11.5 Å². The predicted octanol–water partition coefficient (Wildman–Crippen LogP) is 4.68. The lowest BCUT2D eigenvalue weighted by atomic mass is 10.0. The van der Waals surface area contributed by atoms with E-state index in [1.54, 1.807) is 29.0 Å². The molecule has 1 fully saturated rings. The van der Waals surface area contributed by atoms with Crippen LogP contribution in [0.2, 0.25) is 15.2 Å². The molecule has 34 heavy (non-hydrogen) atoms. The number of aromatic nitrogens is 2. The van der Waals surface area contributed by atoms with Crippen molar-refractivity contribution in [1.29, 1.82) is 0 Å². The number of hydrogen-bond acceptors (Lipinski definition) is 6. The molecule has 1 saturated heterocycles. The van der Waals surface area contributed by atoms with Gasteiger partial charge in [0.1, 0.15) is 16.7 Å². The molecule has 1 aromatic carbocycles. The van der Waals surface area contributed by atoms with E-state index in [-0.39, 0.29) is 15.6 Å². The van der Waals surface area contributed by atoms with Gasteiger partial charge in [0.05, 0.1) is 35.3 Å². The molecule has 0 aliphatic carbocycles. The molecule has 7 nitrogen and oxygen atoms in total. The molecule has 0 radical (unpaired) electrons. The van der Waals surface area contributed by atoms with Gasteiger partial charge in [0.15, 0.2) is 0 Å². The van der Waals surface area contributed by atoms with E-state index in [1.165, 1.54) is 14.2 Å². The Hall–Kier alpha value is -2.03. The first-order valence-corrected chi connectivity index (χ1v) is 12.2. The summed E-state index contributed by atoms with van der Waals surface area (Å²) >= 11 is 19.5. The van der Waals surface area contributed by atoms with Crippen molar-refractivity contribution >= 4 is 45.7 Å². The molecule has 0 atom stereocenters. The third-order valence-corrected chi connectivity index (χ3v) is 7.20. The Balaban J connectivity index is 1.79. The topological polar surface area (TPSA) is 59.8 Å². The van der Waals surface area contributed by atoms with E-state index in [0.717, 1.165) is 44.5 Å². The Labute approximate surface area is 213 Å². The highest BCUT2D eigenvalue weighted by Crippen LogP contribution is 2.45. The first kappa shape index (κ1) is 25.1. The normalized spacial score (nSPS) is 15.1. The maximum absolute atomic E-state index is 13.8. The molecule has 0 unspecified atom stereocenters. The fourth-order valence-corrected chi connectivity index (χ4v) is 5.15. The quantitative estimate of drug-likeness (QED) is 0.418. The highest BCUT2D eigenvalue weighted by Gasteiger charge is 2.23. The molecule has 3 aromatic rings. The second kappa shape index (κ2) is 10.7. The summed E-state index contributed by atoms with van der Waals surface area (Å²) in [5.41, 5.74) is 1.22. The van der Waals surface area contributed by atoms with Gasteiger partial charge in [-0.1, -0.05) is 34.8 Å². The van der Waals surface area contributed by atoms with Gasteiger partial charge in [0.25, 0.3) is 5.56 Å². The van der Waals surface area contributed by atoms with E-state index in [0.29, 0.717) is 39.8 Å². The van der Waals surface area contributed by atoms with Crippen LogP contribution in [0.15, 0.2) is 29.2 Å². The van der Waals surface area contributed by atoms with Crippen molar-refractivity contribution in [2.75, 3.05) is 54.0 Å². The number of pyridine rings is 2. The van der Waals surface area contributed by atoms with Gasteiger partial charge in [0, 0.05) is 55.9 Å². The van der Waals surface area contributed by atoms with Gasteiger partial charge in [-0.05, 0) is 32.1 Å². The molecule has 1 aliphatic heterocycles. The molecule has 2 aromatic heterocycles. The van der Waals surface area contributed by atoms with Crippen LogP contribution >= 0.6 is 34.8 Å². The minimum atomic E-state index is -0.216. The molecule has 10 heteroatoms. The number of ether oxygens (including phenoxy) is 2. The maximum Gasteiger partial charge on any atom is 0.259 e. The van der Waals surface area contributed by atoms with Gasteiger partial charge >= 0.3 is 0 Å². The van der Waals surface area contributed by atoms with E-state index >= 15 is 0 Å². The zero-order chi connectivity index (χ0) is 24.4. The number of likely N-dealkylation sites (N-methyl/N-ethyl adjacent to an activating group) is 1. The number of benzene rings is 1. The minimum absolute atomic E-state index is 0.216. The number of nitrogens with zero attached hydrogens (tertiary/aromatic N) is 4.